The van der Waals surface area contributed by atoms with Gasteiger partial charge in [-0.05, 0) is 17.0 Å². The van der Waals surface area contributed by atoms with E-state index in [4.69, 9.17) is 16.1 Å². The maximum absolute atomic E-state index is 8.39. The van der Waals surface area contributed by atoms with Crippen LogP contribution < -0.4 is 11.2 Å². The van der Waals surface area contributed by atoms with Crippen LogP contribution in [-0.4, -0.2) is 27.9 Å². The molecule has 0 unspecified atom stereocenters. The molecule has 5 N–H and O–H groups in total. The molecule has 0 saturated heterocycles. The first-order chi connectivity index (χ1) is 8.49. The molecule has 18 heavy (non-hydrogen) atoms. The number of rotatable bonds is 4. The summed E-state index contributed by atoms with van der Waals surface area (Å²) in [6, 6.07) is 7.87. The Kier molecular flexibility index (Phi) is 5.25. The van der Waals surface area contributed by atoms with Gasteiger partial charge in [-0.25, -0.2) is 5.43 Å². The molecule has 0 aliphatic carbocycles. The third-order valence-electron chi connectivity index (χ3n) is 2.19. The summed E-state index contributed by atoms with van der Waals surface area (Å²) in [5, 5.41) is 23.7. The highest BCUT2D eigenvalue weighted by Gasteiger charge is 1.97. The van der Waals surface area contributed by atoms with Gasteiger partial charge in [0.05, 0.1) is 6.21 Å². The van der Waals surface area contributed by atoms with Crippen molar-refractivity contribution in [3.8, 4) is 0 Å². The first-order valence-electron chi connectivity index (χ1n) is 5.40. The Morgan fingerprint density at radius 2 is 1.94 bits per heavy atom. The van der Waals surface area contributed by atoms with E-state index in [1.807, 2.05) is 29.7 Å². The highest BCUT2D eigenvalue weighted by molar-refractivity contribution is 5.81. The fourth-order valence-corrected chi connectivity index (χ4v) is 1.25. The van der Waals surface area contributed by atoms with Crippen LogP contribution in [0.1, 0.15) is 30.9 Å². The fourth-order valence-electron chi connectivity index (χ4n) is 1.25. The van der Waals surface area contributed by atoms with Gasteiger partial charge in [-0.3, -0.25) is 10.4 Å². The lowest BCUT2D eigenvalue weighted by atomic mass is 10.0. The molecule has 0 aromatic heterocycles. The van der Waals surface area contributed by atoms with Crippen molar-refractivity contribution in [2.24, 2.45) is 15.9 Å². The molecule has 0 amide bonds. The van der Waals surface area contributed by atoms with Crippen LogP contribution in [0.5, 0.6) is 0 Å². The highest BCUT2D eigenvalue weighted by Crippen LogP contribution is 2.13. The molecule has 1 aromatic carbocycles. The third-order valence-corrected chi connectivity index (χ3v) is 2.19. The molecule has 0 aliphatic rings. The van der Waals surface area contributed by atoms with E-state index in [2.05, 4.69) is 24.1 Å². The van der Waals surface area contributed by atoms with E-state index in [0.717, 1.165) is 5.56 Å². The van der Waals surface area contributed by atoms with E-state index in [-0.39, 0.29) is 11.3 Å². The maximum Gasteiger partial charge on any atom is 0.232 e. The molecule has 0 aliphatic heterocycles. The monoisotopic (exact) mass is 251 g/mol. The maximum atomic E-state index is 8.39. The Balaban J connectivity index is 2.62. The first kappa shape index (κ1) is 14.1. The van der Waals surface area contributed by atoms with Gasteiger partial charge in [-0.2, -0.15) is 5.10 Å². The lowest BCUT2D eigenvalue weighted by Gasteiger charge is -2.05. The summed E-state index contributed by atoms with van der Waals surface area (Å²) in [6.45, 7) is 4.24. The quantitative estimate of drug-likeness (QED) is 0.363. The van der Waals surface area contributed by atoms with E-state index in [9.17, 15) is 0 Å². The molecule has 98 valence electrons. The minimum Gasteiger partial charge on any atom is -0.367 e. The van der Waals surface area contributed by atoms with Gasteiger partial charge >= 0.3 is 0 Å². The molecule has 0 atom stereocenters. The van der Waals surface area contributed by atoms with Crippen LogP contribution in [0.25, 0.3) is 0 Å². The predicted octanol–water partition coefficient (Wildman–Crippen LogP) is 1.04. The topological polar surface area (TPSA) is 106 Å². The van der Waals surface area contributed by atoms with E-state index in [0.29, 0.717) is 5.92 Å². The van der Waals surface area contributed by atoms with Crippen LogP contribution in [0, 0.1) is 0 Å². The Bertz CT molecular complexity index is 426. The summed E-state index contributed by atoms with van der Waals surface area (Å²) in [6.07, 6.45) is 1.51. The van der Waals surface area contributed by atoms with Gasteiger partial charge in [-0.15, -0.1) is 5.10 Å². The van der Waals surface area contributed by atoms with Crippen molar-refractivity contribution in [3.63, 3.8) is 0 Å². The van der Waals surface area contributed by atoms with Crippen molar-refractivity contribution in [1.82, 2.24) is 10.8 Å². The minimum atomic E-state index is -0.300. The van der Waals surface area contributed by atoms with E-state index in [1.54, 1.807) is 0 Å². The summed E-state index contributed by atoms with van der Waals surface area (Å²) in [7, 11) is 0. The van der Waals surface area contributed by atoms with Crippen molar-refractivity contribution < 1.29 is 10.4 Å². The van der Waals surface area contributed by atoms with Crippen LogP contribution >= 0.6 is 0 Å². The van der Waals surface area contributed by atoms with Gasteiger partial charge in [0.25, 0.3) is 0 Å². The van der Waals surface area contributed by atoms with Gasteiger partial charge in [-0.1, -0.05) is 38.1 Å². The number of hydrogen-bond donors (Lipinski definition) is 4. The van der Waals surface area contributed by atoms with E-state index < -0.39 is 0 Å². The van der Waals surface area contributed by atoms with Crippen molar-refractivity contribution >= 4 is 12.2 Å². The lowest BCUT2D eigenvalue weighted by Crippen LogP contribution is -2.41. The second kappa shape index (κ2) is 6.70. The van der Waals surface area contributed by atoms with Gasteiger partial charge in [0.2, 0.25) is 5.96 Å². The molecule has 0 spiro atoms. The number of nitrogens with two attached hydrogens (primary N) is 1. The van der Waals surface area contributed by atoms with Crippen LogP contribution in [0.3, 0.4) is 0 Å². The standard InChI is InChI=1S/C11H17N5O2/c1-8(2)10-5-3-9(4-6-10)7-13-14-11(12)15-16(17)18/h3-8,17-18H,1-2H3,(H3,12,14,15). The van der Waals surface area contributed by atoms with Gasteiger partial charge < -0.3 is 5.73 Å². The zero-order valence-corrected chi connectivity index (χ0v) is 10.3. The summed E-state index contributed by atoms with van der Waals surface area (Å²) < 4.78 is 0. The van der Waals surface area contributed by atoms with Crippen molar-refractivity contribution in [2.45, 2.75) is 19.8 Å². The molecule has 0 radical (unpaired) electrons. The molecule has 1 aromatic rings. The molecule has 7 nitrogen and oxygen atoms in total. The molecular formula is C11H17N5O2. The number of hydrogen-bond acceptors (Lipinski definition) is 5. The number of nitrogens with zero attached hydrogens (tertiary/aromatic N) is 3. The van der Waals surface area contributed by atoms with Gasteiger partial charge in [0.15, 0.2) is 0 Å². The molecule has 7 heteroatoms. The number of guanidine groups is 1. The Morgan fingerprint density at radius 1 is 1.33 bits per heavy atom. The second-order valence-electron chi connectivity index (χ2n) is 3.95. The zero-order valence-electron chi connectivity index (χ0n) is 10.3. The number of benzene rings is 1. The van der Waals surface area contributed by atoms with Crippen molar-refractivity contribution in [1.29, 1.82) is 0 Å². The molecule has 0 heterocycles. The third kappa shape index (κ3) is 4.91. The largest absolute Gasteiger partial charge is 0.367 e. The molecule has 0 fully saturated rings. The number of hydrazine groups is 1. The number of nitrogens with one attached hydrogen (secondary N) is 1. The van der Waals surface area contributed by atoms with Crippen molar-refractivity contribution in [2.75, 3.05) is 0 Å². The zero-order chi connectivity index (χ0) is 13.5. The summed E-state index contributed by atoms with van der Waals surface area (Å²) in [5.74, 6) is 0.240. The second-order valence-corrected chi connectivity index (χ2v) is 3.95. The predicted molar refractivity (Wildman–Crippen MR) is 68.3 cm³/mol. The van der Waals surface area contributed by atoms with Crippen LogP contribution in [0.2, 0.25) is 0 Å². The van der Waals surface area contributed by atoms with E-state index in [1.165, 1.54) is 11.8 Å². The SMILES string of the molecule is CC(C)c1ccc(C=NN=C(N)NN(O)O)cc1. The Hall–Kier alpha value is -1.96. The normalized spacial score (nSPS) is 12.7. The van der Waals surface area contributed by atoms with Gasteiger partial charge in [0.1, 0.15) is 0 Å². The van der Waals surface area contributed by atoms with E-state index >= 15 is 0 Å². The fraction of sp³-hybridized carbons (Fsp3) is 0.273. The lowest BCUT2D eigenvalue weighted by molar-refractivity contribution is -0.329. The smallest absolute Gasteiger partial charge is 0.232 e. The molecule has 0 saturated carbocycles. The summed E-state index contributed by atoms with van der Waals surface area (Å²) >= 11 is 0. The minimum absolute atomic E-state index is 0.241. The first-order valence-corrected chi connectivity index (χ1v) is 5.40. The summed E-state index contributed by atoms with van der Waals surface area (Å²) in [5.41, 5.74) is 9.30. The average Bonchev–Trinajstić information content (AvgIpc) is 2.28. The summed E-state index contributed by atoms with van der Waals surface area (Å²) in [4.78, 5) is 0. The molecule has 0 bridgehead atoms. The Labute approximate surface area is 105 Å². The molecule has 1 rings (SSSR count). The Morgan fingerprint density at radius 3 is 2.44 bits per heavy atom. The van der Waals surface area contributed by atoms with Crippen LogP contribution in [-0.2, 0) is 0 Å². The van der Waals surface area contributed by atoms with Crippen LogP contribution in [0.15, 0.2) is 34.5 Å². The highest BCUT2D eigenvalue weighted by atomic mass is 16.8. The molecular weight excluding hydrogens is 234 g/mol. The van der Waals surface area contributed by atoms with Crippen LogP contribution in [0.4, 0.5) is 0 Å². The average molecular weight is 251 g/mol. The van der Waals surface area contributed by atoms with Crippen molar-refractivity contribution in [3.05, 3.63) is 35.4 Å². The van der Waals surface area contributed by atoms with Gasteiger partial charge in [0, 0.05) is 5.34 Å².